The zero-order valence-electron chi connectivity index (χ0n) is 31.4. The molecule has 0 saturated carbocycles. The van der Waals surface area contributed by atoms with E-state index in [1.165, 1.54) is 32.7 Å². The Bertz CT molecular complexity index is 3150. The molecule has 0 aliphatic rings. The maximum Gasteiger partial charge on any atom is 0.160 e. The second kappa shape index (κ2) is 14.0. The highest BCUT2D eigenvalue weighted by molar-refractivity contribution is 5.97. The van der Waals surface area contributed by atoms with Gasteiger partial charge in [0.15, 0.2) is 11.6 Å². The van der Waals surface area contributed by atoms with E-state index in [9.17, 15) is 0 Å². The van der Waals surface area contributed by atoms with Gasteiger partial charge in [0, 0.05) is 33.0 Å². The van der Waals surface area contributed by atoms with Crippen LogP contribution in [0.25, 0.3) is 111 Å². The highest BCUT2D eigenvalue weighted by Crippen LogP contribution is 2.36. The van der Waals surface area contributed by atoms with Crippen LogP contribution in [0.1, 0.15) is 0 Å². The topological polar surface area (TPSA) is 51.6 Å². The molecule has 2 aromatic heterocycles. The van der Waals surface area contributed by atoms with Crippen molar-refractivity contribution in [3.63, 3.8) is 0 Å². The molecule has 58 heavy (non-hydrogen) atoms. The summed E-state index contributed by atoms with van der Waals surface area (Å²) in [5.74, 6) is 1.30. The van der Waals surface area contributed by atoms with Crippen LogP contribution < -0.4 is 0 Å². The summed E-state index contributed by atoms with van der Waals surface area (Å²) in [5, 5.41) is 6.91. The largest absolute Gasteiger partial charge is 0.228 e. The van der Waals surface area contributed by atoms with Gasteiger partial charge in [-0.15, -0.1) is 0 Å². The summed E-state index contributed by atoms with van der Waals surface area (Å²) in [6.07, 6.45) is 0. The molecule has 11 rings (SSSR count). The van der Waals surface area contributed by atoms with Crippen molar-refractivity contribution in [1.29, 1.82) is 0 Å². The second-order valence-electron chi connectivity index (χ2n) is 14.7. The summed E-state index contributed by atoms with van der Waals surface area (Å²) in [5.41, 5.74) is 12.0. The lowest BCUT2D eigenvalue weighted by molar-refractivity contribution is 1.21. The van der Waals surface area contributed by atoms with Gasteiger partial charge >= 0.3 is 0 Å². The quantitative estimate of drug-likeness (QED) is 0.170. The first-order valence-corrected chi connectivity index (χ1v) is 19.5. The van der Waals surface area contributed by atoms with Gasteiger partial charge < -0.3 is 0 Å². The Labute approximate surface area is 335 Å². The van der Waals surface area contributed by atoms with Crippen LogP contribution in [0.15, 0.2) is 206 Å². The lowest BCUT2D eigenvalue weighted by Crippen LogP contribution is -1.97. The van der Waals surface area contributed by atoms with E-state index in [0.717, 1.165) is 66.6 Å². The molecule has 0 amide bonds. The third kappa shape index (κ3) is 6.14. The molecule has 11 aromatic rings. The predicted molar refractivity (Wildman–Crippen MR) is 240 cm³/mol. The zero-order chi connectivity index (χ0) is 38.4. The van der Waals surface area contributed by atoms with Crippen LogP contribution in [0, 0.1) is 0 Å². The Morgan fingerprint density at radius 3 is 1.07 bits per heavy atom. The van der Waals surface area contributed by atoms with Crippen LogP contribution in [0.4, 0.5) is 0 Å². The van der Waals surface area contributed by atoms with Gasteiger partial charge in [0.25, 0.3) is 0 Å². The first kappa shape index (κ1) is 33.5. The molecule has 0 unspecified atom stereocenters. The van der Waals surface area contributed by atoms with Crippen LogP contribution in [0.3, 0.4) is 0 Å². The maximum atomic E-state index is 5.28. The van der Waals surface area contributed by atoms with E-state index in [1.807, 2.05) is 18.2 Å². The summed E-state index contributed by atoms with van der Waals surface area (Å²) in [4.78, 5) is 20.8. The summed E-state index contributed by atoms with van der Waals surface area (Å²) in [6, 6.07) is 72.3. The molecule has 270 valence electrons. The standard InChI is InChI=1S/C54H34N4/c1-3-14-37-30-41(28-26-35(37)12-1)39-16-9-18-43(32-39)51-47-22-5-7-24-49(47)55-53(57-51)45-20-11-21-46(34-45)54-56-50-25-8-6-23-48(50)52(58-54)44-19-10-17-40(33-44)42-29-27-36-13-2-4-15-38(36)31-42/h1-34H. The van der Waals surface area contributed by atoms with E-state index in [2.05, 4.69) is 188 Å². The van der Waals surface area contributed by atoms with Gasteiger partial charge in [-0.2, -0.15) is 0 Å². The van der Waals surface area contributed by atoms with Crippen molar-refractivity contribution in [2.45, 2.75) is 0 Å². The average molecular weight is 739 g/mol. The Morgan fingerprint density at radius 2 is 0.586 bits per heavy atom. The van der Waals surface area contributed by atoms with E-state index in [-0.39, 0.29) is 0 Å². The number of para-hydroxylation sites is 2. The van der Waals surface area contributed by atoms with E-state index < -0.39 is 0 Å². The fourth-order valence-corrected chi connectivity index (χ4v) is 8.08. The SMILES string of the molecule is c1cc(-c2nc(-c3cccc(-c4ccc5ccccc5c4)c3)c3ccccc3n2)cc(-c2nc(-c3cccc(-c4ccc5ccccc5c4)c3)c3ccccc3n2)c1. The number of rotatable bonds is 6. The minimum absolute atomic E-state index is 0.649. The summed E-state index contributed by atoms with van der Waals surface area (Å²) in [7, 11) is 0. The van der Waals surface area contributed by atoms with Crippen molar-refractivity contribution >= 4 is 43.4 Å². The number of aromatic nitrogens is 4. The summed E-state index contributed by atoms with van der Waals surface area (Å²) >= 11 is 0. The van der Waals surface area contributed by atoms with E-state index in [1.54, 1.807) is 0 Å². The van der Waals surface area contributed by atoms with E-state index >= 15 is 0 Å². The zero-order valence-corrected chi connectivity index (χ0v) is 31.4. The molecular formula is C54H34N4. The van der Waals surface area contributed by atoms with Crippen LogP contribution >= 0.6 is 0 Å². The number of benzene rings is 9. The fourth-order valence-electron chi connectivity index (χ4n) is 8.08. The van der Waals surface area contributed by atoms with E-state index in [4.69, 9.17) is 19.9 Å². The third-order valence-electron chi connectivity index (χ3n) is 11.0. The molecule has 0 saturated heterocycles. The molecular weight excluding hydrogens is 705 g/mol. The molecule has 9 aromatic carbocycles. The number of hydrogen-bond donors (Lipinski definition) is 0. The lowest BCUT2D eigenvalue weighted by atomic mass is 9.97. The average Bonchev–Trinajstić information content (AvgIpc) is 3.30. The Balaban J connectivity index is 1.000. The van der Waals surface area contributed by atoms with Crippen LogP contribution in [0.2, 0.25) is 0 Å². The maximum absolute atomic E-state index is 5.28. The molecule has 0 aliphatic carbocycles. The minimum atomic E-state index is 0.649. The molecule has 0 radical (unpaired) electrons. The van der Waals surface area contributed by atoms with Crippen LogP contribution in [-0.4, -0.2) is 19.9 Å². The summed E-state index contributed by atoms with van der Waals surface area (Å²) in [6.45, 7) is 0. The molecule has 0 spiro atoms. The molecule has 0 N–H and O–H groups in total. The van der Waals surface area contributed by atoms with Gasteiger partial charge in [0.2, 0.25) is 0 Å². The molecule has 0 atom stereocenters. The molecule has 0 fully saturated rings. The fraction of sp³-hybridized carbons (Fsp3) is 0. The van der Waals surface area contributed by atoms with Crippen molar-refractivity contribution < 1.29 is 0 Å². The van der Waals surface area contributed by atoms with Gasteiger partial charge in [-0.05, 0) is 86.3 Å². The molecule has 0 aliphatic heterocycles. The van der Waals surface area contributed by atoms with Crippen molar-refractivity contribution in [2.24, 2.45) is 0 Å². The Kier molecular flexibility index (Phi) is 8.11. The van der Waals surface area contributed by atoms with Crippen LogP contribution in [0.5, 0.6) is 0 Å². The van der Waals surface area contributed by atoms with Gasteiger partial charge in [0.05, 0.1) is 22.4 Å². The highest BCUT2D eigenvalue weighted by atomic mass is 14.9. The molecule has 0 bridgehead atoms. The van der Waals surface area contributed by atoms with Gasteiger partial charge in [-0.3, -0.25) is 0 Å². The number of fused-ring (bicyclic) bond motifs is 4. The third-order valence-corrected chi connectivity index (χ3v) is 11.0. The molecule has 4 heteroatoms. The van der Waals surface area contributed by atoms with Crippen molar-refractivity contribution in [3.05, 3.63) is 206 Å². The second-order valence-corrected chi connectivity index (χ2v) is 14.7. The summed E-state index contributed by atoms with van der Waals surface area (Å²) < 4.78 is 0. The Hall–Kier alpha value is -7.82. The van der Waals surface area contributed by atoms with E-state index in [0.29, 0.717) is 11.6 Å². The van der Waals surface area contributed by atoms with Gasteiger partial charge in [-0.25, -0.2) is 19.9 Å². The normalized spacial score (nSPS) is 11.4. The highest BCUT2D eigenvalue weighted by Gasteiger charge is 2.16. The van der Waals surface area contributed by atoms with Crippen molar-refractivity contribution in [2.75, 3.05) is 0 Å². The Morgan fingerprint density at radius 1 is 0.224 bits per heavy atom. The van der Waals surface area contributed by atoms with Crippen molar-refractivity contribution in [3.8, 4) is 67.5 Å². The van der Waals surface area contributed by atoms with Gasteiger partial charge in [-0.1, -0.05) is 164 Å². The monoisotopic (exact) mass is 738 g/mol. The molecule has 4 nitrogen and oxygen atoms in total. The van der Waals surface area contributed by atoms with Crippen LogP contribution in [-0.2, 0) is 0 Å². The van der Waals surface area contributed by atoms with Gasteiger partial charge in [0.1, 0.15) is 0 Å². The smallest absolute Gasteiger partial charge is 0.160 e. The van der Waals surface area contributed by atoms with Crippen molar-refractivity contribution in [1.82, 2.24) is 19.9 Å². The number of nitrogens with zero attached hydrogens (tertiary/aromatic N) is 4. The first-order chi connectivity index (χ1) is 28.7. The lowest BCUT2D eigenvalue weighted by Gasteiger charge is -2.13. The molecule has 2 heterocycles. The first-order valence-electron chi connectivity index (χ1n) is 19.5. The minimum Gasteiger partial charge on any atom is -0.228 e. The predicted octanol–water partition coefficient (Wildman–Crippen LogP) is 13.9. The number of hydrogen-bond acceptors (Lipinski definition) is 4.